The van der Waals surface area contributed by atoms with E-state index >= 15 is 0 Å². The lowest BCUT2D eigenvalue weighted by Crippen LogP contribution is -2.46. The molecule has 0 amide bonds. The first-order valence-corrected chi connectivity index (χ1v) is 6.21. The van der Waals surface area contributed by atoms with E-state index in [0.717, 1.165) is 10.7 Å². The van der Waals surface area contributed by atoms with Gasteiger partial charge in [-0.2, -0.15) is 0 Å². The van der Waals surface area contributed by atoms with Crippen molar-refractivity contribution in [1.82, 2.24) is 15.7 Å². The van der Waals surface area contributed by atoms with Crippen LogP contribution in [0.5, 0.6) is 0 Å². The molecule has 17 heavy (non-hydrogen) atoms. The average molecular weight is 257 g/mol. The number of nitrogens with one attached hydrogen (secondary N) is 2. The van der Waals surface area contributed by atoms with Crippen molar-refractivity contribution in [3.05, 3.63) is 16.1 Å². The number of hydrogen-bond donors (Lipinski definition) is 3. The number of hydrogen-bond acceptors (Lipinski definition) is 5. The summed E-state index contributed by atoms with van der Waals surface area (Å²) in [4.78, 5) is 8.63. The number of ether oxygens (including phenoxy) is 1. The third kappa shape index (κ3) is 5.12. The van der Waals surface area contributed by atoms with Gasteiger partial charge >= 0.3 is 0 Å². The molecule has 0 saturated heterocycles. The van der Waals surface area contributed by atoms with Crippen LogP contribution in [0.3, 0.4) is 0 Å². The van der Waals surface area contributed by atoms with Gasteiger partial charge in [-0.1, -0.05) is 0 Å². The predicted molar refractivity (Wildman–Crippen MR) is 69.8 cm³/mol. The van der Waals surface area contributed by atoms with E-state index in [0.29, 0.717) is 19.1 Å². The van der Waals surface area contributed by atoms with E-state index in [9.17, 15) is 0 Å². The van der Waals surface area contributed by atoms with Crippen LogP contribution < -0.4 is 16.6 Å². The molecule has 1 rings (SSSR count). The van der Waals surface area contributed by atoms with Gasteiger partial charge in [-0.05, 0) is 13.8 Å². The summed E-state index contributed by atoms with van der Waals surface area (Å²) in [6.45, 7) is 5.07. The molecule has 7 heteroatoms. The molecule has 6 nitrogen and oxygen atoms in total. The van der Waals surface area contributed by atoms with Crippen LogP contribution in [0.4, 0.5) is 0 Å². The summed E-state index contributed by atoms with van der Waals surface area (Å²) >= 11 is 1.59. The highest BCUT2D eigenvalue weighted by Gasteiger charge is 2.04. The molecule has 0 aliphatic heterocycles. The van der Waals surface area contributed by atoms with Crippen molar-refractivity contribution in [1.29, 1.82) is 0 Å². The standard InChI is InChI=1S/C10H19N5OS/c1-7(5-16-3)14-10(15-11)12-4-9-13-8(2)6-17-9/h6-7H,4-5,11H2,1-3H3,(H2,12,14,15). The number of rotatable bonds is 5. The lowest BCUT2D eigenvalue weighted by molar-refractivity contribution is 0.179. The number of nitrogens with two attached hydrogens (primary N) is 1. The zero-order chi connectivity index (χ0) is 12.7. The lowest BCUT2D eigenvalue weighted by Gasteiger charge is -2.15. The number of thiazole rings is 1. The van der Waals surface area contributed by atoms with Crippen molar-refractivity contribution in [2.75, 3.05) is 13.7 Å². The number of aliphatic imine (C=N–C) groups is 1. The van der Waals surface area contributed by atoms with Gasteiger partial charge in [0.25, 0.3) is 0 Å². The van der Waals surface area contributed by atoms with Crippen LogP contribution in [-0.2, 0) is 11.3 Å². The fraction of sp³-hybridized carbons (Fsp3) is 0.600. The lowest BCUT2D eigenvalue weighted by atomic mass is 10.4. The predicted octanol–water partition coefficient (Wildman–Crippen LogP) is 0.395. The van der Waals surface area contributed by atoms with E-state index in [1.54, 1.807) is 18.4 Å². The van der Waals surface area contributed by atoms with Crippen molar-refractivity contribution in [2.45, 2.75) is 26.4 Å². The SMILES string of the molecule is COCC(C)NC(=NCc1nc(C)cs1)NN. The van der Waals surface area contributed by atoms with Crippen LogP contribution >= 0.6 is 11.3 Å². The van der Waals surface area contributed by atoms with E-state index in [1.165, 1.54) is 0 Å². The topological polar surface area (TPSA) is 84.6 Å². The minimum Gasteiger partial charge on any atom is -0.383 e. The summed E-state index contributed by atoms with van der Waals surface area (Å²) in [6.07, 6.45) is 0. The van der Waals surface area contributed by atoms with Gasteiger partial charge in [0.1, 0.15) is 5.01 Å². The summed E-state index contributed by atoms with van der Waals surface area (Å²) in [5.41, 5.74) is 3.55. The molecular formula is C10H19N5OS. The van der Waals surface area contributed by atoms with Crippen molar-refractivity contribution in [2.24, 2.45) is 10.8 Å². The Hall–Kier alpha value is -1.18. The number of guanidine groups is 1. The van der Waals surface area contributed by atoms with Gasteiger partial charge < -0.3 is 10.1 Å². The Morgan fingerprint density at radius 3 is 3.00 bits per heavy atom. The second-order valence-corrected chi connectivity index (χ2v) is 4.64. The average Bonchev–Trinajstić information content (AvgIpc) is 2.70. The normalized spacial score (nSPS) is 13.5. The Morgan fingerprint density at radius 2 is 2.47 bits per heavy atom. The highest BCUT2D eigenvalue weighted by atomic mass is 32.1. The third-order valence-electron chi connectivity index (χ3n) is 1.98. The van der Waals surface area contributed by atoms with E-state index in [1.807, 2.05) is 19.2 Å². The summed E-state index contributed by atoms with van der Waals surface area (Å²) in [5.74, 6) is 5.93. The van der Waals surface area contributed by atoms with Gasteiger partial charge in [-0.15, -0.1) is 11.3 Å². The Labute approximate surface area is 105 Å². The number of hydrazine groups is 1. The van der Waals surface area contributed by atoms with Crippen molar-refractivity contribution < 1.29 is 4.74 Å². The zero-order valence-electron chi connectivity index (χ0n) is 10.4. The molecule has 0 aromatic carbocycles. The van der Waals surface area contributed by atoms with Crippen molar-refractivity contribution >= 4 is 17.3 Å². The molecule has 1 unspecified atom stereocenters. The third-order valence-corrected chi connectivity index (χ3v) is 2.93. The minimum atomic E-state index is 0.146. The Bertz CT molecular complexity index is 365. The van der Waals surface area contributed by atoms with Crippen molar-refractivity contribution in [3.63, 3.8) is 0 Å². The monoisotopic (exact) mass is 257 g/mol. The Morgan fingerprint density at radius 1 is 1.71 bits per heavy atom. The van der Waals surface area contributed by atoms with Crippen LogP contribution in [0.15, 0.2) is 10.4 Å². The largest absolute Gasteiger partial charge is 0.383 e. The molecule has 0 aliphatic carbocycles. The first-order valence-electron chi connectivity index (χ1n) is 5.33. The van der Waals surface area contributed by atoms with E-state index in [2.05, 4.69) is 20.7 Å². The van der Waals surface area contributed by atoms with Crippen LogP contribution in [0.2, 0.25) is 0 Å². The van der Waals surface area contributed by atoms with Gasteiger partial charge in [0.15, 0.2) is 0 Å². The summed E-state index contributed by atoms with van der Waals surface area (Å²) in [6, 6.07) is 0.146. The maximum absolute atomic E-state index is 5.39. The zero-order valence-corrected chi connectivity index (χ0v) is 11.2. The van der Waals surface area contributed by atoms with Crippen LogP contribution in [-0.4, -0.2) is 30.7 Å². The van der Waals surface area contributed by atoms with Crippen LogP contribution in [0, 0.1) is 6.92 Å². The summed E-state index contributed by atoms with van der Waals surface area (Å²) in [7, 11) is 1.66. The van der Waals surface area contributed by atoms with Crippen molar-refractivity contribution in [3.8, 4) is 0 Å². The molecular weight excluding hydrogens is 238 g/mol. The first kappa shape index (κ1) is 13.9. The molecule has 0 bridgehead atoms. The van der Waals surface area contributed by atoms with Crippen LogP contribution in [0.25, 0.3) is 0 Å². The molecule has 0 spiro atoms. The second kappa shape index (κ2) is 7.21. The fourth-order valence-electron chi connectivity index (χ4n) is 1.28. The molecule has 1 heterocycles. The van der Waals surface area contributed by atoms with Gasteiger partial charge in [0.2, 0.25) is 5.96 Å². The molecule has 0 saturated carbocycles. The quantitative estimate of drug-likeness (QED) is 0.308. The molecule has 0 aliphatic rings. The maximum Gasteiger partial charge on any atom is 0.206 e. The number of aromatic nitrogens is 1. The van der Waals surface area contributed by atoms with E-state index < -0.39 is 0 Å². The molecule has 1 atom stereocenters. The Balaban J connectivity index is 2.49. The first-order chi connectivity index (χ1) is 8.15. The second-order valence-electron chi connectivity index (χ2n) is 3.69. The molecule has 1 aromatic heterocycles. The van der Waals surface area contributed by atoms with E-state index in [-0.39, 0.29) is 6.04 Å². The van der Waals surface area contributed by atoms with Gasteiger partial charge in [0, 0.05) is 24.2 Å². The number of aryl methyl sites for hydroxylation is 1. The summed E-state index contributed by atoms with van der Waals surface area (Å²) < 4.78 is 5.02. The molecule has 1 aromatic rings. The van der Waals surface area contributed by atoms with E-state index in [4.69, 9.17) is 10.6 Å². The van der Waals surface area contributed by atoms with Gasteiger partial charge in [0.05, 0.1) is 13.2 Å². The highest BCUT2D eigenvalue weighted by molar-refractivity contribution is 7.09. The fourth-order valence-corrected chi connectivity index (χ4v) is 1.98. The highest BCUT2D eigenvalue weighted by Crippen LogP contribution is 2.09. The molecule has 96 valence electrons. The Kier molecular flexibility index (Phi) is 5.88. The van der Waals surface area contributed by atoms with Gasteiger partial charge in [-0.25, -0.2) is 15.8 Å². The molecule has 4 N–H and O–H groups in total. The van der Waals surface area contributed by atoms with Gasteiger partial charge in [-0.3, -0.25) is 5.43 Å². The maximum atomic E-state index is 5.39. The van der Waals surface area contributed by atoms with Crippen LogP contribution in [0.1, 0.15) is 17.6 Å². The minimum absolute atomic E-state index is 0.146. The molecule has 0 fully saturated rings. The smallest absolute Gasteiger partial charge is 0.206 e. The number of methoxy groups -OCH3 is 1. The molecule has 0 radical (unpaired) electrons. The number of nitrogens with zero attached hydrogens (tertiary/aromatic N) is 2. The summed E-state index contributed by atoms with van der Waals surface area (Å²) in [5, 5.41) is 6.08.